The third kappa shape index (κ3) is 6.65. The molecule has 0 radical (unpaired) electrons. The van der Waals surface area contributed by atoms with Crippen LogP contribution in [0.15, 0.2) is 222 Å². The Hall–Kier alpha value is -7.88. The molecule has 0 bridgehead atoms. The first-order chi connectivity index (χ1) is 30.6. The van der Waals surface area contributed by atoms with Crippen molar-refractivity contribution in [2.24, 2.45) is 0 Å². The number of aromatic nitrogens is 1. The van der Waals surface area contributed by atoms with E-state index in [1.54, 1.807) is 0 Å². The zero-order valence-electron chi connectivity index (χ0n) is 34.8. The van der Waals surface area contributed by atoms with E-state index in [9.17, 15) is 0 Å². The number of furan rings is 1. The molecule has 0 saturated heterocycles. The molecular formula is C59H44N2O. The van der Waals surface area contributed by atoms with Gasteiger partial charge in [-0.2, -0.15) is 0 Å². The molecule has 0 N–H and O–H groups in total. The lowest BCUT2D eigenvalue weighted by molar-refractivity contribution is 0.669. The highest BCUT2D eigenvalue weighted by atomic mass is 16.3. The van der Waals surface area contributed by atoms with E-state index in [1.165, 1.54) is 65.6 Å². The van der Waals surface area contributed by atoms with Gasteiger partial charge in [0.2, 0.25) is 0 Å². The van der Waals surface area contributed by atoms with Crippen LogP contribution < -0.4 is 4.90 Å². The summed E-state index contributed by atoms with van der Waals surface area (Å²) in [6, 6.07) is 69.9. The first-order valence-electron chi connectivity index (χ1n) is 21.4. The Morgan fingerprint density at radius 2 is 1.18 bits per heavy atom. The van der Waals surface area contributed by atoms with Crippen molar-refractivity contribution < 1.29 is 4.42 Å². The molecule has 0 aliphatic carbocycles. The predicted molar refractivity (Wildman–Crippen MR) is 265 cm³/mol. The van der Waals surface area contributed by atoms with Crippen LogP contribution in [-0.4, -0.2) is 11.1 Å². The zero-order chi connectivity index (χ0) is 41.6. The predicted octanol–water partition coefficient (Wildman–Crippen LogP) is 16.2. The van der Waals surface area contributed by atoms with Crippen LogP contribution in [0.5, 0.6) is 0 Å². The number of fused-ring (bicyclic) bond motifs is 8. The highest BCUT2D eigenvalue weighted by molar-refractivity contribution is 6.11. The molecular weight excluding hydrogens is 753 g/mol. The number of anilines is 1. The van der Waals surface area contributed by atoms with Gasteiger partial charge in [-0.25, -0.2) is 0 Å². The largest absolute Gasteiger partial charge is 0.456 e. The molecule has 9 aromatic carbocycles. The van der Waals surface area contributed by atoms with E-state index >= 15 is 0 Å². The van der Waals surface area contributed by atoms with Gasteiger partial charge in [0.1, 0.15) is 11.2 Å². The minimum atomic E-state index is 0.690. The van der Waals surface area contributed by atoms with E-state index in [1.807, 2.05) is 0 Å². The maximum absolute atomic E-state index is 6.35. The van der Waals surface area contributed by atoms with Gasteiger partial charge in [0, 0.05) is 45.2 Å². The second kappa shape index (κ2) is 15.6. The van der Waals surface area contributed by atoms with Crippen LogP contribution in [-0.2, 0) is 0 Å². The van der Waals surface area contributed by atoms with Crippen molar-refractivity contribution in [3.8, 4) is 16.8 Å². The Morgan fingerprint density at radius 3 is 1.94 bits per heavy atom. The quantitative estimate of drug-likeness (QED) is 0.136. The summed E-state index contributed by atoms with van der Waals surface area (Å²) in [7, 11) is 0. The van der Waals surface area contributed by atoms with Crippen molar-refractivity contribution in [1.82, 2.24) is 4.57 Å². The van der Waals surface area contributed by atoms with Crippen molar-refractivity contribution in [3.63, 3.8) is 0 Å². The number of para-hydroxylation sites is 2. The lowest BCUT2D eigenvalue weighted by atomic mass is 9.97. The van der Waals surface area contributed by atoms with Crippen LogP contribution in [0.25, 0.3) is 93.8 Å². The summed E-state index contributed by atoms with van der Waals surface area (Å²) in [5.41, 5.74) is 13.6. The minimum absolute atomic E-state index is 0.690. The second-order valence-corrected chi connectivity index (χ2v) is 16.1. The fraction of sp³-hybridized carbons (Fsp3) is 0.0508. The van der Waals surface area contributed by atoms with Crippen molar-refractivity contribution in [2.45, 2.75) is 13.8 Å². The normalized spacial score (nSPS) is 12.5. The molecule has 0 unspecified atom stereocenters. The smallest absolute Gasteiger partial charge is 0.136 e. The first-order valence-corrected chi connectivity index (χ1v) is 21.4. The lowest BCUT2D eigenvalue weighted by Crippen LogP contribution is -2.20. The molecule has 0 fully saturated rings. The van der Waals surface area contributed by atoms with Gasteiger partial charge in [-0.05, 0) is 130 Å². The van der Waals surface area contributed by atoms with E-state index in [0.29, 0.717) is 6.54 Å². The molecule has 3 nitrogen and oxygen atoms in total. The molecule has 0 amide bonds. The van der Waals surface area contributed by atoms with Gasteiger partial charge in [-0.15, -0.1) is 0 Å². The standard InChI is InChI=1S/C59H44N2O/c1-3-42(50-25-13-18-44-15-6-7-22-51(44)50)20-14-34-60(40(2)35-41-28-33-58-54(36-41)55-38-46-16-4-5-17-47(46)39-59(55)62-58)48-31-29-43(30-32-48)45-19-12-21-49(37-45)61-56-26-10-8-23-52(56)53-24-9-11-27-57(53)61/h3-33,35-39H,34H2,1-2H3/b20-14-,40-35-,42-3+. The summed E-state index contributed by atoms with van der Waals surface area (Å²) >= 11 is 0. The molecule has 2 aromatic heterocycles. The van der Waals surface area contributed by atoms with E-state index in [0.717, 1.165) is 44.6 Å². The van der Waals surface area contributed by atoms with Gasteiger partial charge in [0.25, 0.3) is 0 Å². The van der Waals surface area contributed by atoms with E-state index in [-0.39, 0.29) is 0 Å². The van der Waals surface area contributed by atoms with Gasteiger partial charge in [-0.1, -0.05) is 152 Å². The summed E-state index contributed by atoms with van der Waals surface area (Å²) in [6.07, 6.45) is 9.05. The fourth-order valence-electron chi connectivity index (χ4n) is 9.30. The molecule has 0 aliphatic rings. The van der Waals surface area contributed by atoms with Crippen molar-refractivity contribution in [2.75, 3.05) is 11.4 Å². The third-order valence-electron chi connectivity index (χ3n) is 12.4. The number of rotatable bonds is 9. The molecule has 0 spiro atoms. The Balaban J connectivity index is 0.954. The number of benzene rings is 9. The Bertz CT molecular complexity index is 3520. The van der Waals surface area contributed by atoms with E-state index in [2.05, 4.69) is 242 Å². The molecule has 3 heteroatoms. The monoisotopic (exact) mass is 796 g/mol. The summed E-state index contributed by atoms with van der Waals surface area (Å²) in [4.78, 5) is 2.40. The number of hydrogen-bond acceptors (Lipinski definition) is 2. The highest BCUT2D eigenvalue weighted by Gasteiger charge is 2.15. The number of nitrogens with zero attached hydrogens (tertiary/aromatic N) is 2. The first kappa shape index (κ1) is 37.1. The van der Waals surface area contributed by atoms with Crippen LogP contribution in [0.1, 0.15) is 25.0 Å². The molecule has 62 heavy (non-hydrogen) atoms. The molecule has 296 valence electrons. The molecule has 2 heterocycles. The number of allylic oxidation sites excluding steroid dienone is 4. The second-order valence-electron chi connectivity index (χ2n) is 16.1. The molecule has 11 aromatic rings. The summed E-state index contributed by atoms with van der Waals surface area (Å²) in [5.74, 6) is 0. The topological polar surface area (TPSA) is 21.3 Å². The highest BCUT2D eigenvalue weighted by Crippen LogP contribution is 2.36. The Morgan fingerprint density at radius 1 is 0.532 bits per heavy atom. The van der Waals surface area contributed by atoms with Gasteiger partial charge in [0.15, 0.2) is 0 Å². The molecule has 0 saturated carbocycles. The van der Waals surface area contributed by atoms with Crippen molar-refractivity contribution >= 4 is 82.6 Å². The van der Waals surface area contributed by atoms with Gasteiger partial charge in [-0.3, -0.25) is 0 Å². The summed E-state index contributed by atoms with van der Waals surface area (Å²) in [6.45, 7) is 5.02. The number of hydrogen-bond donors (Lipinski definition) is 0. The summed E-state index contributed by atoms with van der Waals surface area (Å²) < 4.78 is 8.74. The Labute approximate surface area is 361 Å². The third-order valence-corrected chi connectivity index (χ3v) is 12.4. The lowest BCUT2D eigenvalue weighted by Gasteiger charge is -2.25. The van der Waals surface area contributed by atoms with Crippen LogP contribution in [0, 0.1) is 0 Å². The van der Waals surface area contributed by atoms with Gasteiger partial charge in [0.05, 0.1) is 11.0 Å². The molecule has 0 aliphatic heterocycles. The molecule has 0 atom stereocenters. The van der Waals surface area contributed by atoms with Crippen LogP contribution in [0.3, 0.4) is 0 Å². The van der Waals surface area contributed by atoms with Crippen LogP contribution in [0.2, 0.25) is 0 Å². The molecule has 11 rings (SSSR count). The SMILES string of the molecule is C/C=C(\C=C/CN(/C(C)=C\c1ccc2oc3cc4ccccc4cc3c2c1)c1ccc(-c2cccc(-n3c4ccccc4c4ccccc43)c2)cc1)c1cccc2ccccc12. The zero-order valence-corrected chi connectivity index (χ0v) is 34.8. The van der Waals surface area contributed by atoms with Crippen LogP contribution in [0.4, 0.5) is 5.69 Å². The average molecular weight is 797 g/mol. The minimum Gasteiger partial charge on any atom is -0.456 e. The maximum atomic E-state index is 6.35. The summed E-state index contributed by atoms with van der Waals surface area (Å²) in [5, 5.41) is 9.69. The van der Waals surface area contributed by atoms with Gasteiger partial charge < -0.3 is 13.9 Å². The van der Waals surface area contributed by atoms with Crippen LogP contribution >= 0.6 is 0 Å². The maximum Gasteiger partial charge on any atom is 0.136 e. The van der Waals surface area contributed by atoms with Crippen molar-refractivity contribution in [1.29, 1.82) is 0 Å². The van der Waals surface area contributed by atoms with E-state index in [4.69, 9.17) is 4.42 Å². The Kier molecular flexibility index (Phi) is 9.36. The fourth-order valence-corrected chi connectivity index (χ4v) is 9.30. The van der Waals surface area contributed by atoms with E-state index < -0.39 is 0 Å². The van der Waals surface area contributed by atoms with Gasteiger partial charge >= 0.3 is 0 Å². The van der Waals surface area contributed by atoms with Crippen molar-refractivity contribution in [3.05, 3.63) is 229 Å². The average Bonchev–Trinajstić information content (AvgIpc) is 3.85.